The van der Waals surface area contributed by atoms with Gasteiger partial charge in [0.1, 0.15) is 5.76 Å². The van der Waals surface area contributed by atoms with Crippen LogP contribution in [0.5, 0.6) is 11.5 Å². The Morgan fingerprint density at radius 3 is 2.62 bits per heavy atom. The molecular formula is C22H32N4O3. The SMILES string of the molecule is CCNC(=NCc1c(CC)noc1CC)NCC(C)(C)c1ccc2c(c1)OCO2. The molecule has 0 bridgehead atoms. The molecule has 1 aromatic heterocycles. The van der Waals surface area contributed by atoms with E-state index in [4.69, 9.17) is 19.0 Å². The van der Waals surface area contributed by atoms with Gasteiger partial charge in [-0.3, -0.25) is 0 Å². The Balaban J connectivity index is 1.70. The maximum Gasteiger partial charge on any atom is 0.231 e. The third-order valence-electron chi connectivity index (χ3n) is 5.20. The number of hydrogen-bond acceptors (Lipinski definition) is 5. The first-order valence-corrected chi connectivity index (χ1v) is 10.4. The summed E-state index contributed by atoms with van der Waals surface area (Å²) in [4.78, 5) is 4.78. The number of ether oxygens (including phenoxy) is 2. The molecule has 0 fully saturated rings. The van der Waals surface area contributed by atoms with E-state index in [0.717, 1.165) is 60.4 Å². The molecule has 0 saturated heterocycles. The van der Waals surface area contributed by atoms with Crippen molar-refractivity contribution in [3.63, 3.8) is 0 Å². The molecule has 0 aliphatic carbocycles. The van der Waals surface area contributed by atoms with Gasteiger partial charge in [-0.25, -0.2) is 4.99 Å². The molecule has 7 heteroatoms. The van der Waals surface area contributed by atoms with Crippen LogP contribution in [-0.2, 0) is 24.8 Å². The molecule has 0 atom stereocenters. The summed E-state index contributed by atoms with van der Waals surface area (Å²) in [5.74, 6) is 3.32. The summed E-state index contributed by atoms with van der Waals surface area (Å²) in [5.41, 5.74) is 3.16. The van der Waals surface area contributed by atoms with E-state index in [0.29, 0.717) is 6.54 Å². The van der Waals surface area contributed by atoms with E-state index in [2.05, 4.69) is 62.5 Å². The zero-order valence-corrected chi connectivity index (χ0v) is 18.1. The Hall–Kier alpha value is -2.70. The monoisotopic (exact) mass is 400 g/mol. The molecule has 3 rings (SSSR count). The molecule has 0 amide bonds. The van der Waals surface area contributed by atoms with Gasteiger partial charge >= 0.3 is 0 Å². The van der Waals surface area contributed by atoms with Crippen molar-refractivity contribution < 1.29 is 14.0 Å². The summed E-state index contributed by atoms with van der Waals surface area (Å²) in [5, 5.41) is 11.0. The molecule has 2 heterocycles. The van der Waals surface area contributed by atoms with Gasteiger partial charge in [-0.1, -0.05) is 38.9 Å². The Labute approximate surface area is 172 Å². The Morgan fingerprint density at radius 2 is 1.90 bits per heavy atom. The number of nitrogens with one attached hydrogen (secondary N) is 2. The number of hydrogen-bond donors (Lipinski definition) is 2. The van der Waals surface area contributed by atoms with Gasteiger partial charge in [0, 0.05) is 30.5 Å². The highest BCUT2D eigenvalue weighted by molar-refractivity contribution is 5.79. The maximum atomic E-state index is 5.53. The molecule has 29 heavy (non-hydrogen) atoms. The zero-order chi connectivity index (χ0) is 20.9. The van der Waals surface area contributed by atoms with Gasteiger partial charge in [0.2, 0.25) is 6.79 Å². The highest BCUT2D eigenvalue weighted by atomic mass is 16.7. The summed E-state index contributed by atoms with van der Waals surface area (Å²) in [6, 6.07) is 6.13. The quantitative estimate of drug-likeness (QED) is 0.521. The smallest absolute Gasteiger partial charge is 0.231 e. The molecule has 1 aromatic carbocycles. The van der Waals surface area contributed by atoms with Crippen LogP contribution >= 0.6 is 0 Å². The number of nitrogens with zero attached hydrogens (tertiary/aromatic N) is 2. The topological polar surface area (TPSA) is 80.9 Å². The van der Waals surface area contributed by atoms with Crippen molar-refractivity contribution in [3.05, 3.63) is 40.8 Å². The van der Waals surface area contributed by atoms with Gasteiger partial charge in [-0.15, -0.1) is 0 Å². The van der Waals surface area contributed by atoms with Crippen LogP contribution in [0.15, 0.2) is 27.7 Å². The number of guanidine groups is 1. The lowest BCUT2D eigenvalue weighted by Crippen LogP contribution is -2.43. The first-order valence-electron chi connectivity index (χ1n) is 10.4. The van der Waals surface area contributed by atoms with E-state index < -0.39 is 0 Å². The van der Waals surface area contributed by atoms with Crippen molar-refractivity contribution in [1.82, 2.24) is 15.8 Å². The van der Waals surface area contributed by atoms with E-state index in [1.54, 1.807) is 0 Å². The molecular weight excluding hydrogens is 368 g/mol. The molecule has 7 nitrogen and oxygen atoms in total. The van der Waals surface area contributed by atoms with Crippen LogP contribution in [0.1, 0.15) is 57.2 Å². The van der Waals surface area contributed by atoms with E-state index in [-0.39, 0.29) is 12.2 Å². The zero-order valence-electron chi connectivity index (χ0n) is 18.1. The molecule has 0 radical (unpaired) electrons. The summed E-state index contributed by atoms with van der Waals surface area (Å²) >= 11 is 0. The number of aromatic nitrogens is 1. The summed E-state index contributed by atoms with van der Waals surface area (Å²) in [6.45, 7) is 13.0. The highest BCUT2D eigenvalue weighted by Crippen LogP contribution is 2.36. The fraction of sp³-hybridized carbons (Fsp3) is 0.545. The van der Waals surface area contributed by atoms with E-state index >= 15 is 0 Å². The summed E-state index contributed by atoms with van der Waals surface area (Å²) in [7, 11) is 0. The van der Waals surface area contributed by atoms with E-state index in [1.165, 1.54) is 5.56 Å². The van der Waals surface area contributed by atoms with Crippen LogP contribution in [0.3, 0.4) is 0 Å². The normalized spacial score (nSPS) is 13.6. The molecule has 1 aliphatic rings. The second-order valence-electron chi connectivity index (χ2n) is 7.74. The Kier molecular flexibility index (Phi) is 6.67. The lowest BCUT2D eigenvalue weighted by Gasteiger charge is -2.27. The molecule has 0 spiro atoms. The van der Waals surface area contributed by atoms with Crippen LogP contribution in [0.4, 0.5) is 0 Å². The first-order chi connectivity index (χ1) is 14.0. The first kappa shape index (κ1) is 21.0. The fourth-order valence-electron chi connectivity index (χ4n) is 3.34. The number of aryl methyl sites for hydroxylation is 2. The van der Waals surface area contributed by atoms with Crippen molar-refractivity contribution in [3.8, 4) is 11.5 Å². The van der Waals surface area contributed by atoms with Gasteiger partial charge in [-0.05, 0) is 31.0 Å². The van der Waals surface area contributed by atoms with Gasteiger partial charge < -0.3 is 24.6 Å². The predicted octanol–water partition coefficient (Wildman–Crippen LogP) is 3.56. The van der Waals surface area contributed by atoms with Gasteiger partial charge in [0.25, 0.3) is 0 Å². The largest absolute Gasteiger partial charge is 0.454 e. The molecule has 2 N–H and O–H groups in total. The molecule has 2 aromatic rings. The molecule has 0 saturated carbocycles. The van der Waals surface area contributed by atoms with Crippen molar-refractivity contribution in [1.29, 1.82) is 0 Å². The predicted molar refractivity (Wildman–Crippen MR) is 114 cm³/mol. The average molecular weight is 401 g/mol. The number of aliphatic imine (C=N–C) groups is 1. The van der Waals surface area contributed by atoms with E-state index in [1.807, 2.05) is 6.07 Å². The summed E-state index contributed by atoms with van der Waals surface area (Å²) in [6.07, 6.45) is 1.66. The lowest BCUT2D eigenvalue weighted by atomic mass is 9.84. The highest BCUT2D eigenvalue weighted by Gasteiger charge is 2.24. The molecule has 0 unspecified atom stereocenters. The van der Waals surface area contributed by atoms with Crippen LogP contribution < -0.4 is 20.1 Å². The van der Waals surface area contributed by atoms with Crippen molar-refractivity contribution in [2.45, 2.75) is 59.4 Å². The van der Waals surface area contributed by atoms with Gasteiger partial charge in [-0.2, -0.15) is 0 Å². The number of rotatable bonds is 8. The minimum Gasteiger partial charge on any atom is -0.454 e. The lowest BCUT2D eigenvalue weighted by molar-refractivity contribution is 0.174. The third kappa shape index (κ3) is 4.83. The van der Waals surface area contributed by atoms with Gasteiger partial charge in [0.05, 0.1) is 12.2 Å². The third-order valence-corrected chi connectivity index (χ3v) is 5.20. The molecule has 1 aliphatic heterocycles. The van der Waals surface area contributed by atoms with Crippen LogP contribution in [0.2, 0.25) is 0 Å². The van der Waals surface area contributed by atoms with E-state index in [9.17, 15) is 0 Å². The molecule has 158 valence electrons. The standard InChI is InChI=1S/C22H32N4O3/c1-6-17-16(18(7-2)29-26-17)12-24-21(23-8-3)25-13-22(4,5)15-9-10-19-20(11-15)28-14-27-19/h9-11H,6-8,12-14H2,1-5H3,(H2,23,24,25). The van der Waals surface area contributed by atoms with Crippen LogP contribution in [0, 0.1) is 0 Å². The Morgan fingerprint density at radius 1 is 1.10 bits per heavy atom. The second-order valence-corrected chi connectivity index (χ2v) is 7.74. The van der Waals surface area contributed by atoms with Gasteiger partial charge in [0.15, 0.2) is 17.5 Å². The Bertz CT molecular complexity index is 836. The summed E-state index contributed by atoms with van der Waals surface area (Å²) < 4.78 is 16.4. The van der Waals surface area contributed by atoms with Crippen LogP contribution in [0.25, 0.3) is 0 Å². The second kappa shape index (κ2) is 9.20. The number of fused-ring (bicyclic) bond motifs is 1. The average Bonchev–Trinajstić information content (AvgIpc) is 3.35. The maximum absolute atomic E-state index is 5.53. The minimum atomic E-state index is -0.114. The number of benzene rings is 1. The van der Waals surface area contributed by atoms with Crippen molar-refractivity contribution in [2.24, 2.45) is 4.99 Å². The van der Waals surface area contributed by atoms with Crippen molar-refractivity contribution in [2.75, 3.05) is 19.9 Å². The fourth-order valence-corrected chi connectivity index (χ4v) is 3.34. The van der Waals surface area contributed by atoms with Crippen LogP contribution in [-0.4, -0.2) is 31.0 Å². The minimum absolute atomic E-state index is 0.114. The van der Waals surface area contributed by atoms with Crippen molar-refractivity contribution >= 4 is 5.96 Å².